The Hall–Kier alpha value is -2.54. The van der Waals surface area contributed by atoms with E-state index in [1.165, 1.54) is 17.7 Å². The summed E-state index contributed by atoms with van der Waals surface area (Å²) < 4.78 is 13.3. The molecule has 0 radical (unpaired) electrons. The van der Waals surface area contributed by atoms with Crippen LogP contribution >= 0.6 is 0 Å². The second-order valence-electron chi connectivity index (χ2n) is 6.32. The van der Waals surface area contributed by atoms with Crippen LogP contribution < -0.4 is 10.6 Å². The predicted molar refractivity (Wildman–Crippen MR) is 95.3 cm³/mol. The van der Waals surface area contributed by atoms with Crippen molar-refractivity contribution in [1.29, 1.82) is 0 Å². The van der Waals surface area contributed by atoms with E-state index in [0.717, 1.165) is 60.1 Å². The first-order valence-corrected chi connectivity index (χ1v) is 8.64. The Morgan fingerprint density at radius 1 is 1.16 bits per heavy atom. The van der Waals surface area contributed by atoms with Crippen molar-refractivity contribution in [2.24, 2.45) is 0 Å². The lowest BCUT2D eigenvalue weighted by molar-refractivity contribution is 0.629. The van der Waals surface area contributed by atoms with E-state index in [9.17, 15) is 4.39 Å². The summed E-state index contributed by atoms with van der Waals surface area (Å²) in [6.45, 7) is 4.54. The van der Waals surface area contributed by atoms with E-state index in [-0.39, 0.29) is 5.82 Å². The summed E-state index contributed by atoms with van der Waals surface area (Å²) in [6, 6.07) is 4.59. The first-order chi connectivity index (χ1) is 12.2. The highest BCUT2D eigenvalue weighted by Crippen LogP contribution is 2.20. The van der Waals surface area contributed by atoms with E-state index in [4.69, 9.17) is 0 Å². The fraction of sp³-hybridized carbons (Fsp3) is 0.389. The van der Waals surface area contributed by atoms with Crippen LogP contribution in [0.4, 0.5) is 10.2 Å². The Labute approximate surface area is 145 Å². The van der Waals surface area contributed by atoms with E-state index in [0.29, 0.717) is 13.0 Å². The number of anilines is 1. The van der Waals surface area contributed by atoms with Gasteiger partial charge in [-0.05, 0) is 38.1 Å². The van der Waals surface area contributed by atoms with Crippen LogP contribution in [-0.2, 0) is 19.3 Å². The molecule has 3 heterocycles. The van der Waals surface area contributed by atoms with Gasteiger partial charge in [0, 0.05) is 31.5 Å². The van der Waals surface area contributed by atoms with E-state index >= 15 is 0 Å². The zero-order valence-corrected chi connectivity index (χ0v) is 14.2. The van der Waals surface area contributed by atoms with Crippen molar-refractivity contribution in [3.05, 3.63) is 46.9 Å². The number of halogens is 1. The van der Waals surface area contributed by atoms with Gasteiger partial charge in [-0.2, -0.15) is 0 Å². The van der Waals surface area contributed by atoms with Crippen molar-refractivity contribution in [1.82, 2.24) is 25.3 Å². The van der Waals surface area contributed by atoms with Crippen LogP contribution in [-0.4, -0.2) is 39.6 Å². The summed E-state index contributed by atoms with van der Waals surface area (Å²) in [6.07, 6.45) is 2.58. The van der Waals surface area contributed by atoms with Gasteiger partial charge in [0.1, 0.15) is 23.3 Å². The Morgan fingerprint density at radius 3 is 2.96 bits per heavy atom. The number of aromatic amines is 1. The molecular formula is C18H21FN6. The molecule has 2 aromatic heterocycles. The van der Waals surface area contributed by atoms with Gasteiger partial charge in [0.05, 0.1) is 16.7 Å². The van der Waals surface area contributed by atoms with Gasteiger partial charge in [0.15, 0.2) is 0 Å². The van der Waals surface area contributed by atoms with Crippen molar-refractivity contribution >= 4 is 16.9 Å². The molecule has 3 N–H and O–H groups in total. The Balaban J connectivity index is 1.48. The first-order valence-electron chi connectivity index (χ1n) is 8.64. The number of nitrogens with one attached hydrogen (secondary N) is 3. The quantitative estimate of drug-likeness (QED) is 0.678. The van der Waals surface area contributed by atoms with Crippen LogP contribution in [0.3, 0.4) is 0 Å². The molecule has 6 nitrogen and oxygen atoms in total. The fourth-order valence-electron chi connectivity index (χ4n) is 3.27. The van der Waals surface area contributed by atoms with Crippen LogP contribution in [0, 0.1) is 12.7 Å². The summed E-state index contributed by atoms with van der Waals surface area (Å²) in [5, 5.41) is 6.83. The third-order valence-electron chi connectivity index (χ3n) is 4.44. The monoisotopic (exact) mass is 340 g/mol. The van der Waals surface area contributed by atoms with E-state index in [1.54, 1.807) is 6.07 Å². The number of aryl methyl sites for hydroxylation is 1. The molecule has 0 bridgehead atoms. The minimum atomic E-state index is -0.256. The van der Waals surface area contributed by atoms with E-state index in [2.05, 4.69) is 30.6 Å². The highest BCUT2D eigenvalue weighted by atomic mass is 19.1. The number of aromatic nitrogens is 4. The minimum Gasteiger partial charge on any atom is -0.369 e. The predicted octanol–water partition coefficient (Wildman–Crippen LogP) is 2.14. The van der Waals surface area contributed by atoms with E-state index in [1.807, 2.05) is 6.92 Å². The third kappa shape index (κ3) is 3.46. The highest BCUT2D eigenvalue weighted by Gasteiger charge is 2.15. The zero-order chi connectivity index (χ0) is 17.2. The van der Waals surface area contributed by atoms with Crippen LogP contribution in [0.1, 0.15) is 22.9 Å². The summed E-state index contributed by atoms with van der Waals surface area (Å²) in [4.78, 5) is 16.8. The molecule has 4 rings (SSSR count). The lowest BCUT2D eigenvalue weighted by Crippen LogP contribution is -2.16. The van der Waals surface area contributed by atoms with Gasteiger partial charge in [-0.1, -0.05) is 0 Å². The number of rotatable bonds is 4. The van der Waals surface area contributed by atoms with Crippen molar-refractivity contribution in [2.45, 2.75) is 26.2 Å². The van der Waals surface area contributed by atoms with Gasteiger partial charge >= 0.3 is 0 Å². The lowest BCUT2D eigenvalue weighted by Gasteiger charge is -2.13. The Morgan fingerprint density at radius 2 is 2.04 bits per heavy atom. The fourth-order valence-corrected chi connectivity index (χ4v) is 3.27. The molecule has 0 amide bonds. The average Bonchev–Trinajstić information content (AvgIpc) is 2.82. The number of hydrogen-bond acceptors (Lipinski definition) is 5. The Bertz CT molecular complexity index is 904. The molecule has 1 aromatic carbocycles. The molecule has 25 heavy (non-hydrogen) atoms. The van der Waals surface area contributed by atoms with Gasteiger partial charge in [-0.15, -0.1) is 0 Å². The summed E-state index contributed by atoms with van der Waals surface area (Å²) >= 11 is 0. The molecule has 0 aliphatic carbocycles. The third-order valence-corrected chi connectivity index (χ3v) is 4.44. The highest BCUT2D eigenvalue weighted by molar-refractivity contribution is 5.74. The van der Waals surface area contributed by atoms with E-state index < -0.39 is 0 Å². The summed E-state index contributed by atoms with van der Waals surface area (Å²) in [5.41, 5.74) is 3.86. The van der Waals surface area contributed by atoms with Gasteiger partial charge < -0.3 is 15.6 Å². The van der Waals surface area contributed by atoms with Gasteiger partial charge in [-0.3, -0.25) is 0 Å². The van der Waals surface area contributed by atoms with Gasteiger partial charge in [0.25, 0.3) is 0 Å². The molecule has 130 valence electrons. The van der Waals surface area contributed by atoms with Crippen molar-refractivity contribution < 1.29 is 4.39 Å². The molecular weight excluding hydrogens is 319 g/mol. The second-order valence-corrected chi connectivity index (χ2v) is 6.32. The number of nitrogens with zero attached hydrogens (tertiary/aromatic N) is 3. The number of H-pyrrole nitrogens is 1. The topological polar surface area (TPSA) is 78.5 Å². The van der Waals surface area contributed by atoms with Crippen LogP contribution in [0.25, 0.3) is 11.0 Å². The largest absolute Gasteiger partial charge is 0.369 e. The maximum Gasteiger partial charge on any atom is 0.133 e. The molecule has 1 aliphatic rings. The van der Waals surface area contributed by atoms with Crippen LogP contribution in [0.15, 0.2) is 18.2 Å². The van der Waals surface area contributed by atoms with Crippen molar-refractivity contribution in [2.75, 3.05) is 25.0 Å². The first kappa shape index (κ1) is 16.0. The standard InChI is InChI=1S/C18H21FN6/c1-11-22-14-5-8-20-7-4-13(14)18(23-11)21-9-6-17-24-15-3-2-12(19)10-16(15)25-17/h2-3,10,20H,4-9H2,1H3,(H,24,25)(H,21,22,23). The molecule has 0 saturated carbocycles. The molecule has 7 heteroatoms. The number of imidazole rings is 1. The van der Waals surface area contributed by atoms with Crippen molar-refractivity contribution in [3.63, 3.8) is 0 Å². The lowest BCUT2D eigenvalue weighted by atomic mass is 10.1. The Kier molecular flexibility index (Phi) is 4.31. The number of fused-ring (bicyclic) bond motifs is 2. The smallest absolute Gasteiger partial charge is 0.133 e. The SMILES string of the molecule is Cc1nc2c(c(NCCc3nc4ccc(F)cc4[nH]3)n1)CCNCC2. The molecule has 0 atom stereocenters. The summed E-state index contributed by atoms with van der Waals surface area (Å²) in [7, 11) is 0. The maximum atomic E-state index is 13.3. The average molecular weight is 340 g/mol. The number of benzene rings is 1. The molecule has 0 spiro atoms. The second kappa shape index (κ2) is 6.76. The van der Waals surface area contributed by atoms with Gasteiger partial charge in [-0.25, -0.2) is 19.3 Å². The maximum absolute atomic E-state index is 13.3. The molecule has 1 aliphatic heterocycles. The van der Waals surface area contributed by atoms with Gasteiger partial charge in [0.2, 0.25) is 0 Å². The van der Waals surface area contributed by atoms with Crippen molar-refractivity contribution in [3.8, 4) is 0 Å². The molecule has 0 saturated heterocycles. The zero-order valence-electron chi connectivity index (χ0n) is 14.2. The minimum absolute atomic E-state index is 0.256. The molecule has 0 unspecified atom stereocenters. The normalized spacial score (nSPS) is 14.3. The molecule has 3 aromatic rings. The molecule has 0 fully saturated rings. The van der Waals surface area contributed by atoms with Crippen LogP contribution in [0.5, 0.6) is 0 Å². The summed E-state index contributed by atoms with van der Waals surface area (Å²) in [5.74, 6) is 2.30. The van der Waals surface area contributed by atoms with Crippen LogP contribution in [0.2, 0.25) is 0 Å². The number of hydrogen-bond donors (Lipinski definition) is 3.